The monoisotopic (exact) mass is 270 g/mol. The van der Waals surface area contributed by atoms with E-state index in [1.54, 1.807) is 0 Å². The SMILES string of the molecule is CCC1CCC(Nc2cc3ccccc3c(=O)[nH]2)CC1. The Morgan fingerprint density at radius 3 is 2.70 bits per heavy atom. The third-order valence-corrected chi connectivity index (χ3v) is 4.54. The van der Waals surface area contributed by atoms with Crippen molar-refractivity contribution in [3.8, 4) is 0 Å². The molecule has 2 aromatic rings. The highest BCUT2D eigenvalue weighted by Gasteiger charge is 2.19. The Labute approximate surface area is 119 Å². The Kier molecular flexibility index (Phi) is 3.77. The fourth-order valence-electron chi connectivity index (χ4n) is 3.22. The topological polar surface area (TPSA) is 44.9 Å². The third-order valence-electron chi connectivity index (χ3n) is 4.54. The van der Waals surface area contributed by atoms with Crippen molar-refractivity contribution >= 4 is 16.6 Å². The van der Waals surface area contributed by atoms with Crippen LogP contribution >= 0.6 is 0 Å². The molecule has 1 aliphatic carbocycles. The molecular formula is C17H22N2O. The first-order valence-electron chi connectivity index (χ1n) is 7.65. The summed E-state index contributed by atoms with van der Waals surface area (Å²) in [5, 5.41) is 5.26. The van der Waals surface area contributed by atoms with Crippen molar-refractivity contribution in [2.24, 2.45) is 5.92 Å². The van der Waals surface area contributed by atoms with Gasteiger partial charge in [-0.05, 0) is 49.1 Å². The fourth-order valence-corrected chi connectivity index (χ4v) is 3.22. The van der Waals surface area contributed by atoms with Crippen LogP contribution in [0.3, 0.4) is 0 Å². The number of benzene rings is 1. The van der Waals surface area contributed by atoms with Gasteiger partial charge in [-0.2, -0.15) is 0 Å². The van der Waals surface area contributed by atoms with Gasteiger partial charge in [0.1, 0.15) is 5.82 Å². The van der Waals surface area contributed by atoms with Gasteiger partial charge in [0.05, 0.1) is 0 Å². The van der Waals surface area contributed by atoms with E-state index in [0.29, 0.717) is 6.04 Å². The molecule has 20 heavy (non-hydrogen) atoms. The number of anilines is 1. The van der Waals surface area contributed by atoms with Gasteiger partial charge >= 0.3 is 0 Å². The smallest absolute Gasteiger partial charge is 0.257 e. The Morgan fingerprint density at radius 1 is 1.20 bits per heavy atom. The van der Waals surface area contributed by atoms with Crippen LogP contribution in [0.15, 0.2) is 35.1 Å². The highest BCUT2D eigenvalue weighted by molar-refractivity contribution is 5.83. The summed E-state index contributed by atoms with van der Waals surface area (Å²) < 4.78 is 0. The van der Waals surface area contributed by atoms with Crippen molar-refractivity contribution < 1.29 is 0 Å². The summed E-state index contributed by atoms with van der Waals surface area (Å²) in [6, 6.07) is 10.3. The molecule has 1 aliphatic rings. The second-order valence-electron chi connectivity index (χ2n) is 5.87. The van der Waals surface area contributed by atoms with Crippen LogP contribution in [0.5, 0.6) is 0 Å². The number of fused-ring (bicyclic) bond motifs is 1. The standard InChI is InChI=1S/C17H22N2O/c1-2-12-7-9-14(10-8-12)18-16-11-13-5-3-4-6-15(13)17(20)19-16/h3-6,11-12,14H,2,7-10H2,1H3,(H2,18,19,20). The lowest BCUT2D eigenvalue weighted by molar-refractivity contribution is 0.330. The molecule has 0 amide bonds. The number of H-pyrrole nitrogens is 1. The van der Waals surface area contributed by atoms with Crippen LogP contribution in [0, 0.1) is 5.92 Å². The number of hydrogen-bond acceptors (Lipinski definition) is 2. The summed E-state index contributed by atoms with van der Waals surface area (Å²) >= 11 is 0. The van der Waals surface area contributed by atoms with Crippen LogP contribution < -0.4 is 10.9 Å². The number of aromatic nitrogens is 1. The Bertz CT molecular complexity index is 639. The molecule has 3 heteroatoms. The van der Waals surface area contributed by atoms with Gasteiger partial charge < -0.3 is 10.3 Å². The second-order valence-corrected chi connectivity index (χ2v) is 5.87. The lowest BCUT2D eigenvalue weighted by Crippen LogP contribution is -2.27. The van der Waals surface area contributed by atoms with E-state index < -0.39 is 0 Å². The van der Waals surface area contributed by atoms with E-state index in [4.69, 9.17) is 0 Å². The Hall–Kier alpha value is -1.77. The van der Waals surface area contributed by atoms with Gasteiger partial charge in [-0.25, -0.2) is 0 Å². The Morgan fingerprint density at radius 2 is 1.95 bits per heavy atom. The van der Waals surface area contributed by atoms with Gasteiger partial charge in [-0.15, -0.1) is 0 Å². The first-order valence-corrected chi connectivity index (χ1v) is 7.65. The maximum absolute atomic E-state index is 12.0. The molecule has 1 aromatic heterocycles. The van der Waals surface area contributed by atoms with Crippen LogP contribution in [0.25, 0.3) is 10.8 Å². The first kappa shape index (κ1) is 13.2. The van der Waals surface area contributed by atoms with Crippen molar-refractivity contribution in [2.75, 3.05) is 5.32 Å². The van der Waals surface area contributed by atoms with E-state index in [0.717, 1.165) is 22.5 Å². The number of aromatic amines is 1. The minimum atomic E-state index is -0.00663. The number of hydrogen-bond donors (Lipinski definition) is 2. The maximum atomic E-state index is 12.0. The van der Waals surface area contributed by atoms with Crippen LogP contribution in [-0.2, 0) is 0 Å². The molecule has 2 N–H and O–H groups in total. The van der Waals surface area contributed by atoms with Gasteiger partial charge in [-0.1, -0.05) is 31.5 Å². The molecule has 0 radical (unpaired) electrons. The van der Waals surface area contributed by atoms with Gasteiger partial charge in [0.25, 0.3) is 5.56 Å². The molecule has 1 heterocycles. The van der Waals surface area contributed by atoms with E-state index in [2.05, 4.69) is 17.2 Å². The summed E-state index contributed by atoms with van der Waals surface area (Å²) in [6.07, 6.45) is 6.29. The van der Waals surface area contributed by atoms with E-state index in [-0.39, 0.29) is 5.56 Å². The molecule has 1 saturated carbocycles. The predicted molar refractivity (Wildman–Crippen MR) is 84.2 cm³/mol. The quantitative estimate of drug-likeness (QED) is 0.888. The zero-order valence-electron chi connectivity index (χ0n) is 12.0. The minimum absolute atomic E-state index is 0.00663. The number of rotatable bonds is 3. The van der Waals surface area contributed by atoms with Crippen molar-refractivity contribution in [3.05, 3.63) is 40.7 Å². The van der Waals surface area contributed by atoms with E-state index >= 15 is 0 Å². The lowest BCUT2D eigenvalue weighted by Gasteiger charge is -2.29. The average molecular weight is 270 g/mol. The Balaban J connectivity index is 1.77. The highest BCUT2D eigenvalue weighted by Crippen LogP contribution is 2.28. The van der Waals surface area contributed by atoms with Gasteiger partial charge in [-0.3, -0.25) is 4.79 Å². The molecular weight excluding hydrogens is 248 g/mol. The molecule has 0 bridgehead atoms. The van der Waals surface area contributed by atoms with E-state index in [1.807, 2.05) is 30.3 Å². The number of pyridine rings is 1. The van der Waals surface area contributed by atoms with Gasteiger partial charge in [0, 0.05) is 11.4 Å². The lowest BCUT2D eigenvalue weighted by atomic mass is 9.84. The second kappa shape index (κ2) is 5.70. The van der Waals surface area contributed by atoms with Gasteiger partial charge in [0.2, 0.25) is 0 Å². The molecule has 0 atom stereocenters. The molecule has 0 aliphatic heterocycles. The van der Waals surface area contributed by atoms with E-state index in [1.165, 1.54) is 32.1 Å². The zero-order valence-corrected chi connectivity index (χ0v) is 12.0. The summed E-state index contributed by atoms with van der Waals surface area (Å²) in [4.78, 5) is 15.0. The van der Waals surface area contributed by atoms with Crippen molar-refractivity contribution in [1.29, 1.82) is 0 Å². The van der Waals surface area contributed by atoms with E-state index in [9.17, 15) is 4.79 Å². The molecule has 1 fully saturated rings. The van der Waals surface area contributed by atoms with Crippen molar-refractivity contribution in [3.63, 3.8) is 0 Å². The summed E-state index contributed by atoms with van der Waals surface area (Å²) in [5.41, 5.74) is -0.00663. The maximum Gasteiger partial charge on any atom is 0.257 e. The van der Waals surface area contributed by atoms with Crippen LogP contribution in [0.1, 0.15) is 39.0 Å². The first-order chi connectivity index (χ1) is 9.76. The van der Waals surface area contributed by atoms with Crippen LogP contribution in [0.4, 0.5) is 5.82 Å². The number of nitrogens with one attached hydrogen (secondary N) is 2. The normalized spacial score (nSPS) is 22.9. The predicted octanol–water partition coefficient (Wildman–Crippen LogP) is 3.91. The molecule has 1 aromatic carbocycles. The fraction of sp³-hybridized carbons (Fsp3) is 0.471. The third kappa shape index (κ3) is 2.72. The van der Waals surface area contributed by atoms with Gasteiger partial charge in [0.15, 0.2) is 0 Å². The van der Waals surface area contributed by atoms with Crippen LogP contribution in [-0.4, -0.2) is 11.0 Å². The molecule has 3 rings (SSSR count). The minimum Gasteiger partial charge on any atom is -0.369 e. The highest BCUT2D eigenvalue weighted by atomic mass is 16.1. The zero-order chi connectivity index (χ0) is 13.9. The molecule has 0 unspecified atom stereocenters. The van der Waals surface area contributed by atoms with Crippen LogP contribution in [0.2, 0.25) is 0 Å². The van der Waals surface area contributed by atoms with Crippen molar-refractivity contribution in [2.45, 2.75) is 45.1 Å². The largest absolute Gasteiger partial charge is 0.369 e. The summed E-state index contributed by atoms with van der Waals surface area (Å²) in [7, 11) is 0. The molecule has 0 saturated heterocycles. The summed E-state index contributed by atoms with van der Waals surface area (Å²) in [5.74, 6) is 1.75. The molecule has 0 spiro atoms. The molecule has 106 valence electrons. The summed E-state index contributed by atoms with van der Waals surface area (Å²) in [6.45, 7) is 2.28. The van der Waals surface area contributed by atoms with Crippen molar-refractivity contribution in [1.82, 2.24) is 4.98 Å². The molecule has 3 nitrogen and oxygen atoms in total. The average Bonchev–Trinajstić information content (AvgIpc) is 2.48.